The number of allylic oxidation sites excluding steroid dienone is 4. The number of hydrogen-bond acceptors (Lipinski definition) is 6. The molecule has 0 aromatic carbocycles. The predicted octanol–water partition coefficient (Wildman–Crippen LogP) is 7.41. The molecule has 5 heterocycles. The molecule has 0 atom stereocenters. The van der Waals surface area contributed by atoms with Gasteiger partial charge in [0.15, 0.2) is 0 Å². The first-order valence-corrected chi connectivity index (χ1v) is 14.4. The van der Waals surface area contributed by atoms with Crippen LogP contribution >= 0.6 is 0 Å². The van der Waals surface area contributed by atoms with Gasteiger partial charge in [0.25, 0.3) is 0 Å². The number of carboxylic acid groups (broad SMARTS) is 2. The van der Waals surface area contributed by atoms with Crippen molar-refractivity contribution in [3.05, 3.63) is 92.2 Å². The Bertz CT molecular complexity index is 2060. The van der Waals surface area contributed by atoms with E-state index in [1.54, 1.807) is 18.2 Å². The summed E-state index contributed by atoms with van der Waals surface area (Å²) in [6.07, 6.45) is 4.39. The van der Waals surface area contributed by atoms with Gasteiger partial charge < -0.3 is 20.2 Å². The van der Waals surface area contributed by atoms with E-state index in [-0.39, 0.29) is 25.7 Å². The summed E-state index contributed by atoms with van der Waals surface area (Å²) in [4.78, 5) is 50.5. The zero-order valence-corrected chi connectivity index (χ0v) is 25.4. The van der Waals surface area contributed by atoms with Crippen LogP contribution in [0.3, 0.4) is 0 Å². The first-order valence-electron chi connectivity index (χ1n) is 14.4. The summed E-state index contributed by atoms with van der Waals surface area (Å²) in [5.41, 5.74) is 11.6. The number of aromatic amines is 2. The Kier molecular flexibility index (Phi) is 8.36. The minimum Gasteiger partial charge on any atom is -0.481 e. The quantitative estimate of drug-likeness (QED) is 0.144. The molecule has 0 amide bonds. The average molecular weight is 608 g/mol. The summed E-state index contributed by atoms with van der Waals surface area (Å²) in [5.74, 6) is -1.87. The van der Waals surface area contributed by atoms with E-state index >= 15 is 0 Å². The van der Waals surface area contributed by atoms with Crippen LogP contribution in [0.25, 0.3) is 56.5 Å². The minimum absolute atomic E-state index is 0.0822. The van der Waals surface area contributed by atoms with Gasteiger partial charge in [-0.2, -0.15) is 0 Å². The standard InChI is InChI=1S/C34H33N5O6/c1-6-21-17(2)25-13-26-18(3)22(7-9-33(40)41)31(36-26)16-32-23(8-10-34(42)43)19(4)28(38-32)15-30-24(11-12-39(44)45)20(5)27(37-30)14-29(21)35-25/h6,11-16,35,37H,1,7-10H2,2-5H3,(H,40,41)(H,42,43)/b12-11+,25-13?,26-13?,27-14?,28-15?,29-14?,30-15?,31-16?,32-16?. The second kappa shape index (κ2) is 12.2. The highest BCUT2D eigenvalue weighted by Crippen LogP contribution is 2.38. The Morgan fingerprint density at radius 2 is 1.24 bits per heavy atom. The third-order valence-electron chi connectivity index (χ3n) is 8.38. The number of aryl methyl sites for hydroxylation is 2. The SMILES string of the molecule is C=Cc1c(C)c2cc3nc(cc4nc(cc5[nH]c(cc1[nH]2)c(C)c5/C=C/[N+](=O)[O-])C(C)=C4CCC(=O)O)C(CCC(=O)O)=C3C. The van der Waals surface area contributed by atoms with Crippen LogP contribution in [0.4, 0.5) is 0 Å². The van der Waals surface area contributed by atoms with Gasteiger partial charge >= 0.3 is 11.9 Å². The highest BCUT2D eigenvalue weighted by Gasteiger charge is 2.22. The molecule has 0 saturated carbocycles. The predicted molar refractivity (Wildman–Crippen MR) is 175 cm³/mol. The number of nitrogens with zero attached hydrogens (tertiary/aromatic N) is 3. The van der Waals surface area contributed by atoms with Gasteiger partial charge in [-0.15, -0.1) is 0 Å². The molecule has 8 bridgehead atoms. The molecule has 3 aromatic heterocycles. The monoisotopic (exact) mass is 607 g/mol. The maximum atomic E-state index is 11.6. The third kappa shape index (κ3) is 6.10. The van der Waals surface area contributed by atoms with Gasteiger partial charge in [0.2, 0.25) is 6.20 Å². The Morgan fingerprint density at radius 3 is 1.73 bits per heavy atom. The summed E-state index contributed by atoms with van der Waals surface area (Å²) >= 11 is 0. The maximum Gasteiger partial charge on any atom is 0.303 e. The van der Waals surface area contributed by atoms with Crippen molar-refractivity contribution in [1.82, 2.24) is 19.9 Å². The molecule has 0 fully saturated rings. The summed E-state index contributed by atoms with van der Waals surface area (Å²) in [6, 6.07) is 7.46. The molecule has 2 aliphatic rings. The van der Waals surface area contributed by atoms with E-state index in [0.717, 1.165) is 61.7 Å². The molecule has 5 rings (SSSR count). The van der Waals surface area contributed by atoms with Crippen LogP contribution in [-0.4, -0.2) is 47.0 Å². The lowest BCUT2D eigenvalue weighted by Crippen LogP contribution is -1.97. The number of aliphatic carboxylic acids is 2. The molecular weight excluding hydrogens is 574 g/mol. The van der Waals surface area contributed by atoms with E-state index in [1.165, 1.54) is 6.08 Å². The minimum atomic E-state index is -0.946. The summed E-state index contributed by atoms with van der Waals surface area (Å²) < 4.78 is 0. The van der Waals surface area contributed by atoms with Crippen molar-refractivity contribution < 1.29 is 24.7 Å². The molecule has 0 aliphatic carbocycles. The number of carboxylic acids is 2. The first kappa shape index (κ1) is 30.9. The number of carbonyl (C=O) groups is 2. The molecule has 11 nitrogen and oxygen atoms in total. The number of fused-ring (bicyclic) bond motifs is 8. The van der Waals surface area contributed by atoms with Crippen LogP contribution in [0.2, 0.25) is 0 Å². The van der Waals surface area contributed by atoms with E-state index in [4.69, 9.17) is 9.97 Å². The van der Waals surface area contributed by atoms with E-state index in [0.29, 0.717) is 33.9 Å². The number of aromatic nitrogens is 4. The van der Waals surface area contributed by atoms with Crippen molar-refractivity contribution in [2.75, 3.05) is 0 Å². The lowest BCUT2D eigenvalue weighted by atomic mass is 9.98. The molecule has 0 saturated heterocycles. The van der Waals surface area contributed by atoms with Crippen LogP contribution in [0.15, 0.2) is 37.0 Å². The molecule has 0 spiro atoms. The zero-order chi connectivity index (χ0) is 32.6. The fourth-order valence-corrected chi connectivity index (χ4v) is 5.85. The van der Waals surface area contributed by atoms with Crippen molar-refractivity contribution in [3.63, 3.8) is 0 Å². The second-order valence-corrected chi connectivity index (χ2v) is 11.1. The lowest BCUT2D eigenvalue weighted by molar-refractivity contribution is -0.400. The van der Waals surface area contributed by atoms with E-state index in [1.807, 2.05) is 39.8 Å². The van der Waals surface area contributed by atoms with E-state index in [9.17, 15) is 29.9 Å². The molecule has 45 heavy (non-hydrogen) atoms. The van der Waals surface area contributed by atoms with Crippen molar-refractivity contribution in [2.24, 2.45) is 0 Å². The molecule has 0 radical (unpaired) electrons. The molecule has 2 aliphatic heterocycles. The molecule has 4 N–H and O–H groups in total. The van der Waals surface area contributed by atoms with Gasteiger partial charge in [-0.05, 0) is 98.2 Å². The number of nitro groups is 1. The first-order chi connectivity index (χ1) is 21.4. The van der Waals surface area contributed by atoms with E-state index in [2.05, 4.69) is 16.5 Å². The Balaban J connectivity index is 1.94. The van der Waals surface area contributed by atoms with Crippen molar-refractivity contribution in [3.8, 4) is 0 Å². The average Bonchev–Trinajstić information content (AvgIpc) is 3.63. The van der Waals surface area contributed by atoms with Crippen molar-refractivity contribution >= 4 is 68.4 Å². The Morgan fingerprint density at radius 1 is 0.778 bits per heavy atom. The summed E-state index contributed by atoms with van der Waals surface area (Å²) in [5, 5.41) is 30.2. The molecule has 230 valence electrons. The van der Waals surface area contributed by atoms with Crippen LogP contribution in [0.1, 0.15) is 84.6 Å². The highest BCUT2D eigenvalue weighted by atomic mass is 16.6. The van der Waals surface area contributed by atoms with Gasteiger partial charge in [-0.1, -0.05) is 12.7 Å². The lowest BCUT2D eigenvalue weighted by Gasteiger charge is -2.05. The maximum absolute atomic E-state index is 11.6. The van der Waals surface area contributed by atoms with Crippen molar-refractivity contribution in [2.45, 2.75) is 53.4 Å². The topological polar surface area (TPSA) is 175 Å². The van der Waals surface area contributed by atoms with Crippen LogP contribution in [0, 0.1) is 24.0 Å². The van der Waals surface area contributed by atoms with Gasteiger partial charge in [0.05, 0.1) is 27.7 Å². The zero-order valence-electron chi connectivity index (χ0n) is 25.4. The summed E-state index contributed by atoms with van der Waals surface area (Å²) in [6.45, 7) is 11.6. The van der Waals surface area contributed by atoms with Gasteiger partial charge in [-0.3, -0.25) is 19.7 Å². The van der Waals surface area contributed by atoms with E-state index < -0.39 is 16.9 Å². The summed E-state index contributed by atoms with van der Waals surface area (Å²) in [7, 11) is 0. The number of hydrogen-bond donors (Lipinski definition) is 4. The number of nitrogens with one attached hydrogen (secondary N) is 2. The van der Waals surface area contributed by atoms with Crippen molar-refractivity contribution in [1.29, 1.82) is 0 Å². The smallest absolute Gasteiger partial charge is 0.303 e. The van der Waals surface area contributed by atoms with Crippen LogP contribution in [0.5, 0.6) is 0 Å². The Hall–Kier alpha value is -5.58. The number of H-pyrrole nitrogens is 2. The normalized spacial score (nSPS) is 13.2. The molecular formula is C34H33N5O6. The van der Waals surface area contributed by atoms with Gasteiger partial charge in [0, 0.05) is 52.1 Å². The molecule has 11 heteroatoms. The molecule has 3 aromatic rings. The molecule has 0 unspecified atom stereocenters. The van der Waals surface area contributed by atoms with Gasteiger partial charge in [-0.25, -0.2) is 9.97 Å². The number of rotatable bonds is 9. The largest absolute Gasteiger partial charge is 0.481 e. The Labute approximate surface area is 258 Å². The van der Waals surface area contributed by atoms with Gasteiger partial charge in [0.1, 0.15) is 0 Å². The van der Waals surface area contributed by atoms with Crippen LogP contribution < -0.4 is 0 Å². The second-order valence-electron chi connectivity index (χ2n) is 11.1. The van der Waals surface area contributed by atoms with Crippen LogP contribution in [-0.2, 0) is 9.59 Å². The fraction of sp³-hybridized carbons (Fsp3) is 0.235. The fourth-order valence-electron chi connectivity index (χ4n) is 5.85. The highest BCUT2D eigenvalue weighted by molar-refractivity contribution is 5.97. The third-order valence-corrected chi connectivity index (χ3v) is 8.38.